The quantitative estimate of drug-likeness (QED) is 0.718. The van der Waals surface area contributed by atoms with E-state index in [-0.39, 0.29) is 0 Å². The maximum absolute atomic E-state index is 8.90. The van der Waals surface area contributed by atoms with Crippen LogP contribution in [0.5, 0.6) is 0 Å². The molecule has 0 amide bonds. The Morgan fingerprint density at radius 3 is 2.86 bits per heavy atom. The van der Waals surface area contributed by atoms with Gasteiger partial charge in [0.25, 0.3) is 0 Å². The molecule has 0 aliphatic carbocycles. The first-order chi connectivity index (χ1) is 10.2. The molecule has 4 nitrogen and oxygen atoms in total. The van der Waals surface area contributed by atoms with Crippen LogP contribution in [0.2, 0.25) is 0 Å². The van der Waals surface area contributed by atoms with Crippen LogP contribution in [0.1, 0.15) is 11.1 Å². The predicted octanol–water partition coefficient (Wildman–Crippen LogP) is 3.30. The summed E-state index contributed by atoms with van der Waals surface area (Å²) in [6.45, 7) is 0.628. The minimum absolute atomic E-state index is 0.628. The number of nitrogens with one attached hydrogen (secondary N) is 1. The minimum atomic E-state index is 0.628. The Balaban J connectivity index is 1.78. The molecular formula is C17H14N4. The fourth-order valence-electron chi connectivity index (χ4n) is 2.19. The zero-order chi connectivity index (χ0) is 14.7. The molecule has 3 N–H and O–H groups in total. The first kappa shape index (κ1) is 12.9. The van der Waals surface area contributed by atoms with Gasteiger partial charge in [0.15, 0.2) is 0 Å². The van der Waals surface area contributed by atoms with Gasteiger partial charge in [-0.1, -0.05) is 12.1 Å². The molecule has 0 fully saturated rings. The fraction of sp³-hybridized carbons (Fsp3) is 0.0588. The van der Waals surface area contributed by atoms with E-state index in [0.29, 0.717) is 12.1 Å². The highest BCUT2D eigenvalue weighted by molar-refractivity contribution is 5.83. The molecule has 2 aromatic carbocycles. The number of nitriles is 1. The number of aromatic nitrogens is 1. The standard InChI is InChI=1S/C17H14N4/c18-10-12-2-1-3-13(8-12)11-20-17-7-4-14-9-15(19)5-6-16(14)21-17/h1-9H,11,19H2,(H,20,21). The molecule has 0 bridgehead atoms. The van der Waals surface area contributed by atoms with Gasteiger partial charge in [-0.2, -0.15) is 5.26 Å². The molecule has 0 saturated heterocycles. The third-order valence-corrected chi connectivity index (χ3v) is 3.24. The molecule has 4 heteroatoms. The third kappa shape index (κ3) is 2.93. The second-order valence-corrected chi connectivity index (χ2v) is 4.81. The summed E-state index contributed by atoms with van der Waals surface area (Å²) in [7, 11) is 0. The number of nitrogens with two attached hydrogens (primary N) is 1. The zero-order valence-corrected chi connectivity index (χ0v) is 11.4. The van der Waals surface area contributed by atoms with E-state index < -0.39 is 0 Å². The van der Waals surface area contributed by atoms with E-state index in [9.17, 15) is 0 Å². The SMILES string of the molecule is N#Cc1cccc(CNc2ccc3cc(N)ccc3n2)c1. The monoisotopic (exact) mass is 274 g/mol. The number of anilines is 2. The van der Waals surface area contributed by atoms with Gasteiger partial charge < -0.3 is 11.1 Å². The van der Waals surface area contributed by atoms with E-state index in [1.165, 1.54) is 0 Å². The molecular weight excluding hydrogens is 260 g/mol. The second-order valence-electron chi connectivity index (χ2n) is 4.81. The van der Waals surface area contributed by atoms with E-state index in [0.717, 1.165) is 28.0 Å². The van der Waals surface area contributed by atoms with Gasteiger partial charge in [0.05, 0.1) is 17.1 Å². The lowest BCUT2D eigenvalue weighted by Gasteiger charge is -2.07. The molecule has 0 unspecified atom stereocenters. The van der Waals surface area contributed by atoms with E-state index in [2.05, 4.69) is 16.4 Å². The van der Waals surface area contributed by atoms with Crippen molar-refractivity contribution < 1.29 is 0 Å². The van der Waals surface area contributed by atoms with Gasteiger partial charge in [0.1, 0.15) is 5.82 Å². The maximum atomic E-state index is 8.90. The first-order valence-electron chi connectivity index (χ1n) is 6.64. The smallest absolute Gasteiger partial charge is 0.126 e. The van der Waals surface area contributed by atoms with E-state index in [1.54, 1.807) is 6.07 Å². The van der Waals surface area contributed by atoms with Gasteiger partial charge in [0.2, 0.25) is 0 Å². The van der Waals surface area contributed by atoms with Crippen molar-refractivity contribution in [2.24, 2.45) is 0 Å². The van der Waals surface area contributed by atoms with Gasteiger partial charge in [-0.05, 0) is 48.0 Å². The molecule has 0 aliphatic rings. The van der Waals surface area contributed by atoms with Crippen molar-refractivity contribution in [3.8, 4) is 6.07 Å². The van der Waals surface area contributed by atoms with Crippen LogP contribution in [-0.4, -0.2) is 4.98 Å². The topological polar surface area (TPSA) is 74.7 Å². The Hall–Kier alpha value is -3.06. The van der Waals surface area contributed by atoms with Crippen LogP contribution in [0, 0.1) is 11.3 Å². The summed E-state index contributed by atoms with van der Waals surface area (Å²) in [4.78, 5) is 4.54. The highest BCUT2D eigenvalue weighted by atomic mass is 15.0. The fourth-order valence-corrected chi connectivity index (χ4v) is 2.19. The Labute approximate surface area is 122 Å². The Kier molecular flexibility index (Phi) is 3.40. The predicted molar refractivity (Wildman–Crippen MR) is 84.6 cm³/mol. The van der Waals surface area contributed by atoms with Crippen molar-refractivity contribution in [1.29, 1.82) is 5.26 Å². The summed E-state index contributed by atoms with van der Waals surface area (Å²) in [5, 5.41) is 13.2. The van der Waals surface area contributed by atoms with Gasteiger partial charge in [-0.15, -0.1) is 0 Å². The average molecular weight is 274 g/mol. The minimum Gasteiger partial charge on any atom is -0.399 e. The molecule has 1 heterocycles. The summed E-state index contributed by atoms with van der Waals surface area (Å²) in [6, 6.07) is 19.2. The van der Waals surface area contributed by atoms with Gasteiger partial charge >= 0.3 is 0 Å². The number of nitrogens with zero attached hydrogens (tertiary/aromatic N) is 2. The average Bonchev–Trinajstić information content (AvgIpc) is 2.53. The number of hydrogen-bond donors (Lipinski definition) is 2. The van der Waals surface area contributed by atoms with Crippen LogP contribution in [0.25, 0.3) is 10.9 Å². The number of nitrogen functional groups attached to an aromatic ring is 1. The number of pyridine rings is 1. The van der Waals surface area contributed by atoms with E-state index >= 15 is 0 Å². The number of benzene rings is 2. The number of fused-ring (bicyclic) bond motifs is 1. The lowest BCUT2D eigenvalue weighted by molar-refractivity contribution is 1.12. The van der Waals surface area contributed by atoms with Crippen LogP contribution in [-0.2, 0) is 6.54 Å². The zero-order valence-electron chi connectivity index (χ0n) is 11.4. The summed E-state index contributed by atoms with van der Waals surface area (Å²) in [6.07, 6.45) is 0. The van der Waals surface area contributed by atoms with Crippen molar-refractivity contribution in [2.75, 3.05) is 11.1 Å². The molecule has 0 atom stereocenters. The maximum Gasteiger partial charge on any atom is 0.126 e. The second kappa shape index (κ2) is 5.51. The van der Waals surface area contributed by atoms with Crippen molar-refractivity contribution in [3.05, 3.63) is 65.7 Å². The lowest BCUT2D eigenvalue weighted by Crippen LogP contribution is -2.01. The van der Waals surface area contributed by atoms with Crippen molar-refractivity contribution in [3.63, 3.8) is 0 Å². The van der Waals surface area contributed by atoms with Crippen molar-refractivity contribution in [1.82, 2.24) is 4.98 Å². The first-order valence-corrected chi connectivity index (χ1v) is 6.64. The molecule has 0 saturated carbocycles. The molecule has 21 heavy (non-hydrogen) atoms. The van der Waals surface area contributed by atoms with Crippen molar-refractivity contribution >= 4 is 22.4 Å². The van der Waals surface area contributed by atoms with Gasteiger partial charge in [-0.25, -0.2) is 4.98 Å². The number of rotatable bonds is 3. The summed E-state index contributed by atoms with van der Waals surface area (Å²) in [5.41, 5.74) is 9.10. The van der Waals surface area contributed by atoms with Crippen LogP contribution in [0.15, 0.2) is 54.6 Å². The Morgan fingerprint density at radius 2 is 2.00 bits per heavy atom. The molecule has 0 spiro atoms. The number of hydrogen-bond acceptors (Lipinski definition) is 4. The summed E-state index contributed by atoms with van der Waals surface area (Å²) < 4.78 is 0. The van der Waals surface area contributed by atoms with Gasteiger partial charge in [0, 0.05) is 17.6 Å². The van der Waals surface area contributed by atoms with Crippen molar-refractivity contribution in [2.45, 2.75) is 6.54 Å². The summed E-state index contributed by atoms with van der Waals surface area (Å²) >= 11 is 0. The van der Waals surface area contributed by atoms with E-state index in [1.807, 2.05) is 48.5 Å². The molecule has 0 aliphatic heterocycles. The van der Waals surface area contributed by atoms with Crippen LogP contribution >= 0.6 is 0 Å². The molecule has 3 rings (SSSR count). The Morgan fingerprint density at radius 1 is 1.10 bits per heavy atom. The largest absolute Gasteiger partial charge is 0.399 e. The van der Waals surface area contributed by atoms with E-state index in [4.69, 9.17) is 11.0 Å². The highest BCUT2D eigenvalue weighted by Crippen LogP contribution is 2.18. The summed E-state index contributed by atoms with van der Waals surface area (Å²) in [5.74, 6) is 0.801. The van der Waals surface area contributed by atoms with Crippen LogP contribution in [0.4, 0.5) is 11.5 Å². The highest BCUT2D eigenvalue weighted by Gasteiger charge is 2.00. The third-order valence-electron chi connectivity index (χ3n) is 3.24. The van der Waals surface area contributed by atoms with Crippen LogP contribution < -0.4 is 11.1 Å². The normalized spacial score (nSPS) is 10.2. The van der Waals surface area contributed by atoms with Gasteiger partial charge in [-0.3, -0.25) is 0 Å². The Bertz CT molecular complexity index is 834. The lowest BCUT2D eigenvalue weighted by atomic mass is 10.1. The molecule has 3 aromatic rings. The van der Waals surface area contributed by atoms with Crippen LogP contribution in [0.3, 0.4) is 0 Å². The molecule has 102 valence electrons. The molecule has 0 radical (unpaired) electrons. The molecule has 1 aromatic heterocycles.